The fourth-order valence-electron chi connectivity index (χ4n) is 1.24. The van der Waals surface area contributed by atoms with E-state index in [-0.39, 0.29) is 11.5 Å². The molecule has 3 N–H and O–H groups in total. The van der Waals surface area contributed by atoms with Gasteiger partial charge in [-0.1, -0.05) is 0 Å². The molecule has 0 saturated heterocycles. The third-order valence-corrected chi connectivity index (χ3v) is 1.87. The minimum atomic E-state index is -2.93. The van der Waals surface area contributed by atoms with Gasteiger partial charge in [-0.2, -0.15) is 13.9 Å². The largest absolute Gasteiger partial charge is 0.490 e. The van der Waals surface area contributed by atoms with Gasteiger partial charge in [0.05, 0.1) is 12.8 Å². The lowest BCUT2D eigenvalue weighted by atomic mass is 10.2. The molecular formula is C11H13F2N3O3. The number of hydrogen-bond acceptors (Lipinski definition) is 4. The van der Waals surface area contributed by atoms with Crippen LogP contribution in [0.15, 0.2) is 23.3 Å². The molecule has 1 aromatic carbocycles. The molecule has 0 aliphatic heterocycles. The SMILES string of the molecule is CCOc1cc(/C=N\NC(N)=O)ccc1OC(F)F. The zero-order valence-electron chi connectivity index (χ0n) is 10.1. The van der Waals surface area contributed by atoms with Gasteiger partial charge < -0.3 is 15.2 Å². The summed E-state index contributed by atoms with van der Waals surface area (Å²) in [6.07, 6.45) is 1.29. The Bertz CT molecular complexity index is 466. The molecule has 0 bridgehead atoms. The second-order valence-electron chi connectivity index (χ2n) is 3.25. The van der Waals surface area contributed by atoms with E-state index < -0.39 is 12.6 Å². The molecule has 104 valence electrons. The molecule has 0 saturated carbocycles. The fourth-order valence-corrected chi connectivity index (χ4v) is 1.24. The summed E-state index contributed by atoms with van der Waals surface area (Å²) in [6, 6.07) is 3.45. The van der Waals surface area contributed by atoms with Crippen molar-refractivity contribution in [1.29, 1.82) is 0 Å². The number of carbonyl (C=O) groups excluding carboxylic acids is 1. The van der Waals surface area contributed by atoms with E-state index in [2.05, 4.69) is 9.84 Å². The maximum Gasteiger partial charge on any atom is 0.387 e. The van der Waals surface area contributed by atoms with E-state index in [1.54, 1.807) is 6.92 Å². The number of nitrogens with zero attached hydrogens (tertiary/aromatic N) is 1. The zero-order chi connectivity index (χ0) is 14.3. The van der Waals surface area contributed by atoms with Crippen LogP contribution in [-0.4, -0.2) is 25.5 Å². The number of carbonyl (C=O) groups is 1. The molecule has 0 heterocycles. The summed E-state index contributed by atoms with van der Waals surface area (Å²) < 4.78 is 33.8. The Morgan fingerprint density at radius 2 is 2.26 bits per heavy atom. The van der Waals surface area contributed by atoms with Gasteiger partial charge in [-0.3, -0.25) is 0 Å². The van der Waals surface area contributed by atoms with Gasteiger partial charge >= 0.3 is 12.6 Å². The summed E-state index contributed by atoms with van der Waals surface area (Å²) in [6.45, 7) is -0.934. The summed E-state index contributed by atoms with van der Waals surface area (Å²) in [5.41, 5.74) is 7.36. The van der Waals surface area contributed by atoms with Gasteiger partial charge in [0.2, 0.25) is 0 Å². The van der Waals surface area contributed by atoms with Crippen molar-refractivity contribution in [2.75, 3.05) is 6.61 Å². The Labute approximate surface area is 108 Å². The number of urea groups is 1. The molecule has 0 spiro atoms. The van der Waals surface area contributed by atoms with Crippen LogP contribution in [0.4, 0.5) is 13.6 Å². The fraction of sp³-hybridized carbons (Fsp3) is 0.273. The third kappa shape index (κ3) is 5.19. The van der Waals surface area contributed by atoms with Crippen molar-refractivity contribution in [2.24, 2.45) is 10.8 Å². The number of ether oxygens (including phenoxy) is 2. The van der Waals surface area contributed by atoms with E-state index in [1.165, 1.54) is 24.4 Å². The van der Waals surface area contributed by atoms with Crippen LogP contribution in [0.25, 0.3) is 0 Å². The molecule has 1 rings (SSSR count). The van der Waals surface area contributed by atoms with Gasteiger partial charge in [0.25, 0.3) is 0 Å². The van der Waals surface area contributed by atoms with E-state index in [4.69, 9.17) is 10.5 Å². The molecule has 19 heavy (non-hydrogen) atoms. The number of nitrogens with two attached hydrogens (primary N) is 1. The summed E-state index contributed by atoms with van der Waals surface area (Å²) in [5, 5.41) is 3.54. The van der Waals surface area contributed by atoms with E-state index >= 15 is 0 Å². The number of hydrogen-bond donors (Lipinski definition) is 2. The van der Waals surface area contributed by atoms with Crippen LogP contribution >= 0.6 is 0 Å². The molecule has 0 radical (unpaired) electrons. The van der Waals surface area contributed by atoms with Crippen LogP contribution in [0.1, 0.15) is 12.5 Å². The summed E-state index contributed by atoms with van der Waals surface area (Å²) in [5.74, 6) is 0.0858. The Kier molecular flexibility index (Phi) is 5.52. The van der Waals surface area contributed by atoms with E-state index in [1.807, 2.05) is 5.43 Å². The maximum absolute atomic E-state index is 12.2. The maximum atomic E-state index is 12.2. The standard InChI is InChI=1S/C11H13F2N3O3/c1-2-18-9-5-7(6-15-16-11(14)17)3-4-8(9)19-10(12)13/h3-6,10H,2H2,1H3,(H3,14,16,17)/b15-6-. The van der Waals surface area contributed by atoms with Gasteiger partial charge in [-0.25, -0.2) is 10.2 Å². The number of alkyl halides is 2. The van der Waals surface area contributed by atoms with Gasteiger partial charge in [0.15, 0.2) is 11.5 Å². The molecule has 0 unspecified atom stereocenters. The van der Waals surface area contributed by atoms with Crippen LogP contribution < -0.4 is 20.6 Å². The first kappa shape index (κ1) is 14.7. The quantitative estimate of drug-likeness (QED) is 0.611. The van der Waals surface area contributed by atoms with Gasteiger partial charge in [-0.05, 0) is 30.7 Å². The van der Waals surface area contributed by atoms with Crippen LogP contribution in [0, 0.1) is 0 Å². The normalized spacial score (nSPS) is 10.7. The molecule has 0 aliphatic carbocycles. The zero-order valence-corrected chi connectivity index (χ0v) is 10.1. The minimum absolute atomic E-state index is 0.0724. The molecule has 6 nitrogen and oxygen atoms in total. The highest BCUT2D eigenvalue weighted by Crippen LogP contribution is 2.29. The molecule has 0 atom stereocenters. The predicted octanol–water partition coefficient (Wildman–Crippen LogP) is 1.69. The monoisotopic (exact) mass is 273 g/mol. The Morgan fingerprint density at radius 3 is 2.84 bits per heavy atom. The van der Waals surface area contributed by atoms with Crippen LogP contribution in [-0.2, 0) is 0 Å². The average Bonchev–Trinajstić information content (AvgIpc) is 2.31. The number of nitrogens with one attached hydrogen (secondary N) is 1. The molecule has 1 aromatic rings. The molecular weight excluding hydrogens is 260 g/mol. The number of benzene rings is 1. The lowest BCUT2D eigenvalue weighted by Gasteiger charge is -2.11. The predicted molar refractivity (Wildman–Crippen MR) is 64.6 cm³/mol. The van der Waals surface area contributed by atoms with Crippen molar-refractivity contribution in [1.82, 2.24) is 5.43 Å². The third-order valence-electron chi connectivity index (χ3n) is 1.87. The van der Waals surface area contributed by atoms with Crippen molar-refractivity contribution in [3.63, 3.8) is 0 Å². The molecule has 2 amide bonds. The lowest BCUT2D eigenvalue weighted by molar-refractivity contribution is -0.0514. The van der Waals surface area contributed by atoms with Crippen LogP contribution in [0.5, 0.6) is 11.5 Å². The van der Waals surface area contributed by atoms with Crippen LogP contribution in [0.3, 0.4) is 0 Å². The average molecular weight is 273 g/mol. The van der Waals surface area contributed by atoms with Crippen molar-refractivity contribution >= 4 is 12.2 Å². The highest BCUT2D eigenvalue weighted by Gasteiger charge is 2.10. The Morgan fingerprint density at radius 1 is 1.53 bits per heavy atom. The molecule has 0 fully saturated rings. The first-order valence-electron chi connectivity index (χ1n) is 5.33. The second-order valence-corrected chi connectivity index (χ2v) is 3.25. The second kappa shape index (κ2) is 7.14. The van der Waals surface area contributed by atoms with Crippen molar-refractivity contribution < 1.29 is 23.0 Å². The number of primary amides is 1. The number of hydrazone groups is 1. The summed E-state index contributed by atoms with van der Waals surface area (Å²) >= 11 is 0. The minimum Gasteiger partial charge on any atom is -0.490 e. The topological polar surface area (TPSA) is 85.9 Å². The first-order valence-corrected chi connectivity index (χ1v) is 5.33. The highest BCUT2D eigenvalue weighted by atomic mass is 19.3. The van der Waals surface area contributed by atoms with Gasteiger partial charge in [-0.15, -0.1) is 0 Å². The van der Waals surface area contributed by atoms with E-state index in [9.17, 15) is 13.6 Å². The molecule has 0 aromatic heterocycles. The number of amides is 2. The Balaban J connectivity index is 2.88. The summed E-state index contributed by atoms with van der Waals surface area (Å²) in [7, 11) is 0. The van der Waals surface area contributed by atoms with Gasteiger partial charge in [0, 0.05) is 0 Å². The highest BCUT2D eigenvalue weighted by molar-refractivity contribution is 5.82. The number of halogens is 2. The van der Waals surface area contributed by atoms with Crippen molar-refractivity contribution in [3.05, 3.63) is 23.8 Å². The van der Waals surface area contributed by atoms with Gasteiger partial charge in [0.1, 0.15) is 0 Å². The number of rotatable bonds is 6. The van der Waals surface area contributed by atoms with E-state index in [0.717, 1.165) is 0 Å². The summed E-state index contributed by atoms with van der Waals surface area (Å²) in [4.78, 5) is 10.4. The van der Waals surface area contributed by atoms with Crippen molar-refractivity contribution in [2.45, 2.75) is 13.5 Å². The first-order chi connectivity index (χ1) is 9.02. The van der Waals surface area contributed by atoms with E-state index in [0.29, 0.717) is 12.2 Å². The Hall–Kier alpha value is -2.38. The molecule has 0 aliphatic rings. The lowest BCUT2D eigenvalue weighted by Crippen LogP contribution is -2.24. The molecule has 8 heteroatoms. The smallest absolute Gasteiger partial charge is 0.387 e. The van der Waals surface area contributed by atoms with Crippen molar-refractivity contribution in [3.8, 4) is 11.5 Å². The van der Waals surface area contributed by atoms with Crippen LogP contribution in [0.2, 0.25) is 0 Å².